The third-order valence-corrected chi connectivity index (χ3v) is 1.84. The van der Waals surface area contributed by atoms with Crippen LogP contribution in [0.2, 0.25) is 0 Å². The van der Waals surface area contributed by atoms with Crippen LogP contribution in [0.1, 0.15) is 18.1 Å². The summed E-state index contributed by atoms with van der Waals surface area (Å²) in [6.07, 6.45) is 3.32. The van der Waals surface area contributed by atoms with Gasteiger partial charge < -0.3 is 0 Å². The van der Waals surface area contributed by atoms with Crippen molar-refractivity contribution in [1.82, 2.24) is 0 Å². The van der Waals surface area contributed by atoms with Crippen molar-refractivity contribution in [3.8, 4) is 0 Å². The predicted molar refractivity (Wildman–Crippen MR) is 42.6 cm³/mol. The fraction of sp³-hybridized carbons (Fsp3) is 0.200. The van der Waals surface area contributed by atoms with Crippen LogP contribution in [-0.4, -0.2) is 0 Å². The number of rotatable bonds is 0. The van der Waals surface area contributed by atoms with E-state index in [1.807, 2.05) is 12.1 Å². The van der Waals surface area contributed by atoms with Crippen molar-refractivity contribution in [1.29, 1.82) is 0 Å². The van der Waals surface area contributed by atoms with Crippen molar-refractivity contribution < 1.29 is 26.2 Å². The average Bonchev–Trinajstić information content (AvgIpc) is 2.27. The van der Waals surface area contributed by atoms with Gasteiger partial charge in [-0.15, -0.1) is 47.0 Å². The third kappa shape index (κ3) is 1.71. The summed E-state index contributed by atoms with van der Waals surface area (Å²) >= 11 is 0. The Morgan fingerprint density at radius 1 is 1.45 bits per heavy atom. The van der Waals surface area contributed by atoms with E-state index in [0.29, 0.717) is 0 Å². The van der Waals surface area contributed by atoms with Gasteiger partial charge in [0.25, 0.3) is 0 Å². The largest absolute Gasteiger partial charge is 0.147 e. The van der Waals surface area contributed by atoms with Crippen LogP contribution in [0.4, 0.5) is 0 Å². The first-order valence-corrected chi connectivity index (χ1v) is 3.53. The van der Waals surface area contributed by atoms with Gasteiger partial charge in [-0.25, -0.2) is 0 Å². The molecule has 0 fully saturated rings. The van der Waals surface area contributed by atoms with Crippen molar-refractivity contribution in [2.45, 2.75) is 13.3 Å². The molecule has 0 saturated heterocycles. The van der Waals surface area contributed by atoms with Crippen LogP contribution >= 0.6 is 0 Å². The minimum absolute atomic E-state index is 0. The van der Waals surface area contributed by atoms with Crippen LogP contribution in [-0.2, 0) is 32.6 Å². The molecule has 1 aromatic carbocycles. The van der Waals surface area contributed by atoms with Crippen molar-refractivity contribution >= 4 is 6.08 Å². The van der Waals surface area contributed by atoms with Gasteiger partial charge >= 0.3 is 0 Å². The second-order valence-electron chi connectivity index (χ2n) is 2.78. The second kappa shape index (κ2) is 3.49. The molecule has 0 atom stereocenters. The molecule has 0 heterocycles. The predicted octanol–water partition coefficient (Wildman–Crippen LogP) is 2.44. The SMILES string of the molecule is CC1=Cc2[c-]cccc2C1.[Zr]. The number of benzene rings is 1. The summed E-state index contributed by atoms with van der Waals surface area (Å²) in [5.41, 5.74) is 4.14. The minimum Gasteiger partial charge on any atom is -0.147 e. The smallest absolute Gasteiger partial charge is 0 e. The maximum absolute atomic E-state index is 3.20. The molecule has 0 N–H and O–H groups in total. The molecule has 0 bridgehead atoms. The Balaban J connectivity index is 0.000000605. The summed E-state index contributed by atoms with van der Waals surface area (Å²) in [7, 11) is 0. The van der Waals surface area contributed by atoms with Crippen LogP contribution in [0.3, 0.4) is 0 Å². The molecular weight excluding hydrogens is 211 g/mol. The van der Waals surface area contributed by atoms with Crippen molar-refractivity contribution in [2.24, 2.45) is 0 Å². The molecule has 1 heteroatoms. The maximum atomic E-state index is 3.20. The van der Waals surface area contributed by atoms with E-state index in [0.717, 1.165) is 6.42 Å². The Morgan fingerprint density at radius 3 is 3.00 bits per heavy atom. The molecule has 2 rings (SSSR count). The summed E-state index contributed by atoms with van der Waals surface area (Å²) < 4.78 is 0. The number of allylic oxidation sites excluding steroid dienone is 1. The van der Waals surface area contributed by atoms with Gasteiger partial charge in [-0.05, 0) is 6.42 Å². The molecule has 0 nitrogen and oxygen atoms in total. The van der Waals surface area contributed by atoms with E-state index in [1.54, 1.807) is 0 Å². The van der Waals surface area contributed by atoms with Gasteiger partial charge in [0.2, 0.25) is 0 Å². The van der Waals surface area contributed by atoms with E-state index in [1.165, 1.54) is 16.7 Å². The molecule has 1 aliphatic carbocycles. The monoisotopic (exact) mass is 219 g/mol. The summed E-state index contributed by atoms with van der Waals surface area (Å²) in [6, 6.07) is 9.38. The number of hydrogen-bond donors (Lipinski definition) is 0. The quantitative estimate of drug-likeness (QED) is 0.589. The van der Waals surface area contributed by atoms with Gasteiger partial charge in [0.05, 0.1) is 0 Å². The molecule has 0 aliphatic heterocycles. The molecule has 0 saturated carbocycles. The van der Waals surface area contributed by atoms with E-state index in [-0.39, 0.29) is 26.2 Å². The maximum Gasteiger partial charge on any atom is 0 e. The third-order valence-electron chi connectivity index (χ3n) is 1.84. The fourth-order valence-electron chi connectivity index (χ4n) is 1.37. The fourth-order valence-corrected chi connectivity index (χ4v) is 1.37. The molecule has 1 aliphatic rings. The van der Waals surface area contributed by atoms with Gasteiger partial charge in [-0.1, -0.05) is 6.92 Å². The molecule has 0 radical (unpaired) electrons. The summed E-state index contributed by atoms with van der Waals surface area (Å²) in [4.78, 5) is 0. The van der Waals surface area contributed by atoms with E-state index in [4.69, 9.17) is 0 Å². The van der Waals surface area contributed by atoms with Gasteiger partial charge in [0.1, 0.15) is 0 Å². The molecule has 0 unspecified atom stereocenters. The Bertz CT molecular complexity index is 287. The number of fused-ring (bicyclic) bond motifs is 1. The number of hydrogen-bond acceptors (Lipinski definition) is 0. The summed E-state index contributed by atoms with van der Waals surface area (Å²) in [5, 5.41) is 0. The van der Waals surface area contributed by atoms with Crippen LogP contribution in [0.25, 0.3) is 6.08 Å². The zero-order valence-electron chi connectivity index (χ0n) is 6.52. The van der Waals surface area contributed by atoms with Crippen LogP contribution in [0.15, 0.2) is 23.8 Å². The molecule has 1 aromatic rings. The van der Waals surface area contributed by atoms with Gasteiger partial charge in [0, 0.05) is 26.2 Å². The van der Waals surface area contributed by atoms with E-state index < -0.39 is 0 Å². The van der Waals surface area contributed by atoms with Gasteiger partial charge in [-0.3, -0.25) is 0 Å². The summed E-state index contributed by atoms with van der Waals surface area (Å²) in [6.45, 7) is 2.16. The van der Waals surface area contributed by atoms with Crippen molar-refractivity contribution in [3.63, 3.8) is 0 Å². The Morgan fingerprint density at radius 2 is 2.27 bits per heavy atom. The van der Waals surface area contributed by atoms with E-state index in [2.05, 4.69) is 25.1 Å². The van der Waals surface area contributed by atoms with Crippen molar-refractivity contribution in [2.75, 3.05) is 0 Å². The van der Waals surface area contributed by atoms with Gasteiger partial charge in [0.15, 0.2) is 0 Å². The van der Waals surface area contributed by atoms with E-state index in [9.17, 15) is 0 Å². The van der Waals surface area contributed by atoms with E-state index >= 15 is 0 Å². The molecule has 11 heavy (non-hydrogen) atoms. The first kappa shape index (κ1) is 8.94. The molecule has 0 aromatic heterocycles. The zero-order valence-corrected chi connectivity index (χ0v) is 8.97. The molecule has 54 valence electrons. The second-order valence-corrected chi connectivity index (χ2v) is 2.78. The Labute approximate surface area is 86.4 Å². The first-order chi connectivity index (χ1) is 4.86. The Kier molecular flexibility index (Phi) is 2.84. The minimum atomic E-state index is 0. The first-order valence-electron chi connectivity index (χ1n) is 3.53. The molecule has 0 spiro atoms. The van der Waals surface area contributed by atoms with Crippen molar-refractivity contribution in [3.05, 3.63) is 41.0 Å². The summed E-state index contributed by atoms with van der Waals surface area (Å²) in [5.74, 6) is 0. The van der Waals surface area contributed by atoms with Gasteiger partial charge in [-0.2, -0.15) is 0 Å². The Hall–Kier alpha value is -0.157. The van der Waals surface area contributed by atoms with Crippen LogP contribution < -0.4 is 0 Å². The topological polar surface area (TPSA) is 0 Å². The molecule has 0 amide bonds. The normalized spacial score (nSPS) is 13.4. The van der Waals surface area contributed by atoms with Crippen LogP contribution in [0.5, 0.6) is 0 Å². The van der Waals surface area contributed by atoms with Crippen LogP contribution in [0, 0.1) is 6.07 Å². The zero-order chi connectivity index (χ0) is 6.97. The molecular formula is C10H9Zr-. The standard InChI is InChI=1S/C10H9.Zr/c1-8-6-9-4-2-3-5-10(9)7-8;/h2-4,7H,6H2,1H3;/q-1;. The average molecular weight is 220 g/mol.